The molecule has 56 valence electrons. The van der Waals surface area contributed by atoms with Crippen LogP contribution < -0.4 is 4.74 Å². The Morgan fingerprint density at radius 1 is 1.64 bits per heavy atom. The average Bonchev–Trinajstić information content (AvgIpc) is 2.07. The van der Waals surface area contributed by atoms with Crippen LogP contribution in [0.2, 0.25) is 0 Å². The highest BCUT2D eigenvalue weighted by molar-refractivity contribution is 14.1. The first kappa shape index (κ1) is 8.34. The zero-order chi connectivity index (χ0) is 7.94. The van der Waals surface area contributed by atoms with E-state index in [0.717, 1.165) is 5.75 Å². The van der Waals surface area contributed by atoms with Crippen LogP contribution in [0.1, 0.15) is 0 Å². The largest absolute Gasteiger partial charge is 0.479 e. The smallest absolute Gasteiger partial charge is 0.149 e. The lowest BCUT2D eigenvalue weighted by Crippen LogP contribution is -1.93. The summed E-state index contributed by atoms with van der Waals surface area (Å²) in [5, 5.41) is 0. The minimum Gasteiger partial charge on any atom is -0.479 e. The van der Waals surface area contributed by atoms with E-state index < -0.39 is 0 Å². The van der Waals surface area contributed by atoms with E-state index in [9.17, 15) is 0 Å². The topological polar surface area (TPSA) is 22.1 Å². The van der Waals surface area contributed by atoms with Gasteiger partial charge >= 0.3 is 0 Å². The summed E-state index contributed by atoms with van der Waals surface area (Å²) in [6, 6.07) is 3.68. The fraction of sp³-hybridized carbons (Fsp3) is 0.125. The molecule has 1 aromatic rings. The third-order valence-corrected chi connectivity index (χ3v) is 1.39. The molecule has 0 bridgehead atoms. The van der Waals surface area contributed by atoms with Crippen LogP contribution in [0.25, 0.3) is 0 Å². The maximum absolute atomic E-state index is 5.21. The maximum atomic E-state index is 5.21. The quantitative estimate of drug-likeness (QED) is 0.597. The third kappa shape index (κ3) is 3.23. The third-order valence-electron chi connectivity index (χ3n) is 1.01. The number of nitrogens with zero attached hydrogens (tertiary/aromatic N) is 1. The van der Waals surface area contributed by atoms with E-state index in [1.165, 1.54) is 0 Å². The normalized spacial score (nSPS) is 8.09. The lowest BCUT2D eigenvalue weighted by molar-refractivity contribution is 0.369. The van der Waals surface area contributed by atoms with E-state index in [0.29, 0.717) is 6.61 Å². The van der Waals surface area contributed by atoms with E-state index in [1.807, 2.05) is 34.7 Å². The molecule has 0 spiro atoms. The van der Waals surface area contributed by atoms with Gasteiger partial charge in [-0.05, 0) is 16.1 Å². The minimum absolute atomic E-state index is 0.425. The fourth-order valence-electron chi connectivity index (χ4n) is 0.579. The summed E-state index contributed by atoms with van der Waals surface area (Å²) in [4.78, 5) is 3.89. The average molecular weight is 259 g/mol. The highest BCUT2D eigenvalue weighted by atomic mass is 127. The van der Waals surface area contributed by atoms with Gasteiger partial charge in [0.05, 0.1) is 6.20 Å². The molecule has 0 aliphatic carbocycles. The minimum atomic E-state index is 0.425. The summed E-state index contributed by atoms with van der Waals surface area (Å²) in [5.74, 6) is 3.54. The Labute approximate surface area is 79.1 Å². The van der Waals surface area contributed by atoms with Crippen LogP contribution in [0.5, 0.6) is 5.75 Å². The molecule has 3 heteroatoms. The van der Waals surface area contributed by atoms with Gasteiger partial charge in [-0.2, -0.15) is 0 Å². The number of rotatable bonds is 2. The Morgan fingerprint density at radius 2 is 2.55 bits per heavy atom. The second-order valence-electron chi connectivity index (χ2n) is 1.75. The number of pyridine rings is 1. The van der Waals surface area contributed by atoms with Crippen LogP contribution in [0.15, 0.2) is 24.5 Å². The van der Waals surface area contributed by atoms with Crippen molar-refractivity contribution in [3.8, 4) is 15.6 Å². The van der Waals surface area contributed by atoms with Crippen molar-refractivity contribution in [3.63, 3.8) is 0 Å². The standard InChI is InChI=1S/C8H6INO/c9-4-2-6-11-8-3-1-5-10-7-8/h1,3,5,7H,6H2. The maximum Gasteiger partial charge on any atom is 0.149 e. The van der Waals surface area contributed by atoms with Crippen molar-refractivity contribution in [3.05, 3.63) is 24.5 Å². The Morgan fingerprint density at radius 3 is 3.18 bits per heavy atom. The van der Waals surface area contributed by atoms with Gasteiger partial charge in [-0.1, -0.05) is 5.92 Å². The first-order valence-electron chi connectivity index (χ1n) is 3.05. The van der Waals surface area contributed by atoms with Crippen molar-refractivity contribution in [1.29, 1.82) is 0 Å². The molecule has 0 saturated heterocycles. The molecule has 2 nitrogen and oxygen atoms in total. The number of ether oxygens (including phenoxy) is 1. The van der Waals surface area contributed by atoms with Crippen molar-refractivity contribution >= 4 is 22.6 Å². The van der Waals surface area contributed by atoms with Gasteiger partial charge in [-0.25, -0.2) is 0 Å². The second-order valence-corrected chi connectivity index (χ2v) is 2.29. The lowest BCUT2D eigenvalue weighted by Gasteiger charge is -1.98. The highest BCUT2D eigenvalue weighted by Gasteiger charge is 1.86. The molecule has 0 aromatic carbocycles. The molecule has 1 rings (SSSR count). The van der Waals surface area contributed by atoms with Gasteiger partial charge in [0.1, 0.15) is 12.4 Å². The molecule has 0 aliphatic heterocycles. The zero-order valence-corrected chi connectivity index (χ0v) is 7.91. The lowest BCUT2D eigenvalue weighted by atomic mass is 10.5. The van der Waals surface area contributed by atoms with Crippen LogP contribution >= 0.6 is 22.6 Å². The van der Waals surface area contributed by atoms with Crippen molar-refractivity contribution in [1.82, 2.24) is 4.98 Å². The molecule has 1 aromatic heterocycles. The molecule has 11 heavy (non-hydrogen) atoms. The van der Waals surface area contributed by atoms with Gasteiger partial charge in [-0.3, -0.25) is 4.98 Å². The molecule has 0 saturated carbocycles. The van der Waals surface area contributed by atoms with Gasteiger partial charge in [0, 0.05) is 28.8 Å². The first-order valence-corrected chi connectivity index (χ1v) is 4.12. The van der Waals surface area contributed by atoms with E-state index in [-0.39, 0.29) is 0 Å². The fourth-order valence-corrected chi connectivity index (χ4v) is 0.735. The van der Waals surface area contributed by atoms with Crippen molar-refractivity contribution in [2.24, 2.45) is 0 Å². The first-order chi connectivity index (χ1) is 5.43. The van der Waals surface area contributed by atoms with Crippen molar-refractivity contribution in [2.45, 2.75) is 0 Å². The molecule has 0 atom stereocenters. The molecule has 0 aliphatic rings. The molecule has 0 radical (unpaired) electrons. The zero-order valence-electron chi connectivity index (χ0n) is 5.75. The summed E-state index contributed by atoms with van der Waals surface area (Å²) in [6.45, 7) is 0.425. The Hall–Kier alpha value is -0.760. The van der Waals surface area contributed by atoms with E-state index in [1.54, 1.807) is 12.4 Å². The molecular formula is C8H6INO. The SMILES string of the molecule is IC#CCOc1cccnc1. The van der Waals surface area contributed by atoms with E-state index >= 15 is 0 Å². The monoisotopic (exact) mass is 259 g/mol. The van der Waals surface area contributed by atoms with Crippen LogP contribution in [-0.4, -0.2) is 11.6 Å². The van der Waals surface area contributed by atoms with Gasteiger partial charge in [0.25, 0.3) is 0 Å². The number of aromatic nitrogens is 1. The molecule has 0 amide bonds. The van der Waals surface area contributed by atoms with Gasteiger partial charge in [0.15, 0.2) is 0 Å². The van der Waals surface area contributed by atoms with Gasteiger partial charge in [-0.15, -0.1) is 0 Å². The van der Waals surface area contributed by atoms with Gasteiger partial charge < -0.3 is 4.74 Å². The highest BCUT2D eigenvalue weighted by Crippen LogP contribution is 2.04. The summed E-state index contributed by atoms with van der Waals surface area (Å²) in [6.07, 6.45) is 3.37. The predicted molar refractivity (Wildman–Crippen MR) is 51.5 cm³/mol. The molecule has 0 unspecified atom stereocenters. The number of hydrogen-bond acceptors (Lipinski definition) is 2. The van der Waals surface area contributed by atoms with Crippen molar-refractivity contribution < 1.29 is 4.74 Å². The summed E-state index contributed by atoms with van der Waals surface area (Å²) in [5.41, 5.74) is 0. The predicted octanol–water partition coefficient (Wildman–Crippen LogP) is 1.86. The van der Waals surface area contributed by atoms with E-state index in [2.05, 4.69) is 14.8 Å². The van der Waals surface area contributed by atoms with Crippen LogP contribution in [0, 0.1) is 9.85 Å². The molecular weight excluding hydrogens is 253 g/mol. The Balaban J connectivity index is 2.43. The number of halogens is 1. The molecule has 0 fully saturated rings. The van der Waals surface area contributed by atoms with Crippen LogP contribution in [0.3, 0.4) is 0 Å². The summed E-state index contributed by atoms with van der Waals surface area (Å²) >= 11 is 1.97. The van der Waals surface area contributed by atoms with E-state index in [4.69, 9.17) is 4.74 Å². The molecule has 1 heterocycles. The van der Waals surface area contributed by atoms with Crippen LogP contribution in [0.4, 0.5) is 0 Å². The summed E-state index contributed by atoms with van der Waals surface area (Å²) in [7, 11) is 0. The molecule has 0 N–H and O–H groups in total. The number of hydrogen-bond donors (Lipinski definition) is 0. The second kappa shape index (κ2) is 4.97. The Kier molecular flexibility index (Phi) is 3.76. The van der Waals surface area contributed by atoms with Gasteiger partial charge in [0.2, 0.25) is 0 Å². The van der Waals surface area contributed by atoms with Crippen molar-refractivity contribution in [2.75, 3.05) is 6.61 Å². The Bertz CT molecular complexity index is 262. The summed E-state index contributed by atoms with van der Waals surface area (Å²) < 4.78 is 7.92. The van der Waals surface area contributed by atoms with Crippen LogP contribution in [-0.2, 0) is 0 Å².